The number of aliphatic carboxylic acids is 1. The third kappa shape index (κ3) is 5.84. The fourth-order valence-corrected chi connectivity index (χ4v) is 2.92. The van der Waals surface area contributed by atoms with Crippen LogP contribution in [0, 0.1) is 11.6 Å². The largest absolute Gasteiger partial charge is 0.479 e. The van der Waals surface area contributed by atoms with Crippen LogP contribution in [0.3, 0.4) is 0 Å². The molecule has 1 aromatic rings. The summed E-state index contributed by atoms with van der Waals surface area (Å²) in [7, 11) is 0. The molecule has 2 rings (SSSR count). The molecule has 1 saturated heterocycles. The molecule has 1 aliphatic heterocycles. The molecule has 4 N–H and O–H groups in total. The number of hydrogen-bond donors (Lipinski definition) is 4. The van der Waals surface area contributed by atoms with Crippen LogP contribution in [-0.4, -0.2) is 58.8 Å². The molecule has 0 saturated carbocycles. The van der Waals surface area contributed by atoms with Gasteiger partial charge in [0.1, 0.15) is 11.6 Å². The molecular formula is C18H23F2NO5. The van der Waals surface area contributed by atoms with Crippen LogP contribution in [0.25, 0.3) is 6.08 Å². The van der Waals surface area contributed by atoms with E-state index in [4.69, 9.17) is 14.9 Å². The Labute approximate surface area is 150 Å². The zero-order valence-corrected chi connectivity index (χ0v) is 14.1. The highest BCUT2D eigenvalue weighted by atomic mass is 19.1. The van der Waals surface area contributed by atoms with Crippen LogP contribution in [0.4, 0.5) is 8.78 Å². The summed E-state index contributed by atoms with van der Waals surface area (Å²) in [6.45, 7) is -0.115. The van der Waals surface area contributed by atoms with E-state index in [0.29, 0.717) is 19.4 Å². The van der Waals surface area contributed by atoms with E-state index in [1.807, 2.05) is 0 Å². The van der Waals surface area contributed by atoms with Gasteiger partial charge in [0, 0.05) is 24.6 Å². The number of hydrogen-bond acceptors (Lipinski definition) is 5. The summed E-state index contributed by atoms with van der Waals surface area (Å²) >= 11 is 0. The van der Waals surface area contributed by atoms with Crippen molar-refractivity contribution < 1.29 is 33.6 Å². The lowest BCUT2D eigenvalue weighted by Crippen LogP contribution is -2.50. The number of carbonyl (C=O) groups is 1. The minimum absolute atomic E-state index is 0.0974. The summed E-state index contributed by atoms with van der Waals surface area (Å²) in [5.41, 5.74) is 0.130. The molecule has 0 aromatic heterocycles. The van der Waals surface area contributed by atoms with Crippen molar-refractivity contribution in [2.45, 2.75) is 43.6 Å². The predicted molar refractivity (Wildman–Crippen MR) is 90.4 cm³/mol. The van der Waals surface area contributed by atoms with Crippen LogP contribution in [-0.2, 0) is 9.53 Å². The minimum Gasteiger partial charge on any atom is -0.479 e. The highest BCUT2D eigenvalue weighted by molar-refractivity contribution is 5.72. The quantitative estimate of drug-likeness (QED) is 0.550. The van der Waals surface area contributed by atoms with Gasteiger partial charge >= 0.3 is 5.97 Å². The molecule has 1 unspecified atom stereocenters. The molecule has 144 valence electrons. The van der Waals surface area contributed by atoms with Gasteiger partial charge in [-0.3, -0.25) is 0 Å². The van der Waals surface area contributed by atoms with Gasteiger partial charge in [0.25, 0.3) is 0 Å². The molecule has 0 aliphatic carbocycles. The van der Waals surface area contributed by atoms with Gasteiger partial charge in [0.2, 0.25) is 0 Å². The zero-order valence-electron chi connectivity index (χ0n) is 14.1. The number of ether oxygens (including phenoxy) is 1. The van der Waals surface area contributed by atoms with Crippen molar-refractivity contribution in [3.63, 3.8) is 0 Å². The molecule has 0 bridgehead atoms. The van der Waals surface area contributed by atoms with Gasteiger partial charge < -0.3 is 25.4 Å². The highest BCUT2D eigenvalue weighted by Gasteiger charge is 2.35. The number of rotatable bonds is 8. The number of carboxylic acid groups (broad SMARTS) is 1. The van der Waals surface area contributed by atoms with E-state index in [1.165, 1.54) is 6.08 Å². The minimum atomic E-state index is -1.06. The second-order valence-corrected chi connectivity index (χ2v) is 6.23. The van der Waals surface area contributed by atoms with Crippen molar-refractivity contribution >= 4 is 12.0 Å². The average Bonchev–Trinajstić information content (AvgIpc) is 2.62. The van der Waals surface area contributed by atoms with E-state index in [1.54, 1.807) is 6.08 Å². The van der Waals surface area contributed by atoms with Gasteiger partial charge in [-0.1, -0.05) is 12.2 Å². The van der Waals surface area contributed by atoms with Crippen LogP contribution in [0.15, 0.2) is 24.3 Å². The standard InChI is InChI=1S/C18H23F2NO5/c19-12-3-4-14(20)11(8-12)2-1-7-21-15-5-6-16(18(24)25)26-17(15)9-13(23)10-22/h1-4,8,13,15-17,21-23H,5-7,9-10H2,(H,24,25)/t13?,15-,16+,17-/m1/s1. The first-order valence-electron chi connectivity index (χ1n) is 8.43. The summed E-state index contributed by atoms with van der Waals surface area (Å²) in [4.78, 5) is 11.1. The van der Waals surface area contributed by atoms with Gasteiger partial charge in [-0.2, -0.15) is 0 Å². The van der Waals surface area contributed by atoms with Crippen LogP contribution in [0.5, 0.6) is 0 Å². The van der Waals surface area contributed by atoms with Crippen LogP contribution >= 0.6 is 0 Å². The fourth-order valence-electron chi connectivity index (χ4n) is 2.92. The number of carboxylic acids is 1. The molecule has 0 radical (unpaired) electrons. The molecule has 0 spiro atoms. The zero-order chi connectivity index (χ0) is 19.1. The summed E-state index contributed by atoms with van der Waals surface area (Å²) in [5.74, 6) is -2.12. The van der Waals surface area contributed by atoms with E-state index in [2.05, 4.69) is 5.32 Å². The second-order valence-electron chi connectivity index (χ2n) is 6.23. The molecule has 4 atom stereocenters. The number of aliphatic hydroxyl groups excluding tert-OH is 2. The molecule has 8 heteroatoms. The predicted octanol–water partition coefficient (Wildman–Crippen LogP) is 1.31. The van der Waals surface area contributed by atoms with Gasteiger partial charge in [-0.15, -0.1) is 0 Å². The Hall–Kier alpha value is -1.87. The van der Waals surface area contributed by atoms with Gasteiger partial charge in [-0.05, 0) is 31.0 Å². The average molecular weight is 371 g/mol. The first-order chi connectivity index (χ1) is 12.4. The maximum atomic E-state index is 13.5. The van der Waals surface area contributed by atoms with Crippen molar-refractivity contribution in [2.24, 2.45) is 0 Å². The van der Waals surface area contributed by atoms with Crippen molar-refractivity contribution in [3.8, 4) is 0 Å². The Morgan fingerprint density at radius 3 is 2.85 bits per heavy atom. The Morgan fingerprint density at radius 1 is 1.38 bits per heavy atom. The van der Waals surface area contributed by atoms with E-state index in [9.17, 15) is 18.7 Å². The van der Waals surface area contributed by atoms with E-state index in [0.717, 1.165) is 18.2 Å². The molecule has 1 aromatic carbocycles. The topological polar surface area (TPSA) is 99.0 Å². The molecule has 0 amide bonds. The van der Waals surface area contributed by atoms with Crippen molar-refractivity contribution in [2.75, 3.05) is 13.2 Å². The molecule has 1 aliphatic rings. The Morgan fingerprint density at radius 2 is 2.15 bits per heavy atom. The summed E-state index contributed by atoms with van der Waals surface area (Å²) in [5, 5.41) is 30.9. The number of aliphatic hydroxyl groups is 2. The summed E-state index contributed by atoms with van der Waals surface area (Å²) < 4.78 is 32.2. The van der Waals surface area contributed by atoms with Crippen LogP contribution in [0.2, 0.25) is 0 Å². The second kappa shape index (κ2) is 9.72. The van der Waals surface area contributed by atoms with E-state index in [-0.39, 0.29) is 18.0 Å². The Bertz CT molecular complexity index is 640. The SMILES string of the molecule is O=C(O)[C@@H]1CC[C@@H](NCC=Cc2cc(F)ccc2F)[C@@H](CC(O)CO)O1. The summed E-state index contributed by atoms with van der Waals surface area (Å²) in [6.07, 6.45) is 1.48. The number of halogens is 2. The van der Waals surface area contributed by atoms with Crippen molar-refractivity contribution in [1.29, 1.82) is 0 Å². The lowest BCUT2D eigenvalue weighted by molar-refractivity contribution is -0.163. The van der Waals surface area contributed by atoms with Crippen LogP contribution in [0.1, 0.15) is 24.8 Å². The molecule has 6 nitrogen and oxygen atoms in total. The first kappa shape index (κ1) is 20.4. The maximum Gasteiger partial charge on any atom is 0.332 e. The lowest BCUT2D eigenvalue weighted by Gasteiger charge is -2.36. The lowest BCUT2D eigenvalue weighted by atomic mass is 9.94. The fraction of sp³-hybridized carbons (Fsp3) is 0.500. The molecule has 1 fully saturated rings. The van der Waals surface area contributed by atoms with Crippen LogP contribution < -0.4 is 5.32 Å². The Kier molecular flexibility index (Phi) is 7.65. The highest BCUT2D eigenvalue weighted by Crippen LogP contribution is 2.23. The molecule has 26 heavy (non-hydrogen) atoms. The number of nitrogens with one attached hydrogen (secondary N) is 1. The van der Waals surface area contributed by atoms with Gasteiger partial charge in [-0.25, -0.2) is 13.6 Å². The maximum absolute atomic E-state index is 13.5. The van der Waals surface area contributed by atoms with E-state index < -0.39 is 42.5 Å². The normalized spacial score (nSPS) is 24.7. The van der Waals surface area contributed by atoms with Gasteiger partial charge in [0.05, 0.1) is 18.8 Å². The molecule has 1 heterocycles. The third-order valence-electron chi connectivity index (χ3n) is 4.27. The molecular weight excluding hydrogens is 348 g/mol. The monoisotopic (exact) mass is 371 g/mol. The Balaban J connectivity index is 1.93. The first-order valence-corrected chi connectivity index (χ1v) is 8.43. The van der Waals surface area contributed by atoms with Crippen molar-refractivity contribution in [1.82, 2.24) is 5.32 Å². The van der Waals surface area contributed by atoms with E-state index >= 15 is 0 Å². The van der Waals surface area contributed by atoms with Crippen molar-refractivity contribution in [3.05, 3.63) is 41.5 Å². The smallest absolute Gasteiger partial charge is 0.332 e. The number of benzene rings is 1. The third-order valence-corrected chi connectivity index (χ3v) is 4.27. The summed E-state index contributed by atoms with van der Waals surface area (Å²) in [6, 6.07) is 2.96. The van der Waals surface area contributed by atoms with Gasteiger partial charge in [0.15, 0.2) is 6.10 Å².